The molecule has 0 saturated heterocycles. The summed E-state index contributed by atoms with van der Waals surface area (Å²) in [5, 5.41) is 43.3. The Morgan fingerprint density at radius 1 is 0.293 bits per heavy atom. The molecule has 12 heteroatoms. The van der Waals surface area contributed by atoms with Crippen LogP contribution >= 0.6 is 0 Å². The summed E-state index contributed by atoms with van der Waals surface area (Å²) in [6, 6.07) is 63.5. The van der Waals surface area contributed by atoms with Crippen LogP contribution in [-0.4, -0.2) is 9.13 Å². The summed E-state index contributed by atoms with van der Waals surface area (Å²) in [5.41, 5.74) is 13.9. The van der Waals surface area contributed by atoms with Crippen LogP contribution in [0.15, 0.2) is 182 Å². The predicted molar refractivity (Wildman–Crippen MR) is 319 cm³/mol. The fourth-order valence-corrected chi connectivity index (χ4v) is 11.0. The van der Waals surface area contributed by atoms with Crippen LogP contribution in [0.1, 0.15) is 22.3 Å². The molecule has 0 aliphatic heterocycles. The molecule has 12 aromatic rings. The number of fused-ring (bicyclic) bond motifs is 6. The number of benzene rings is 10. The molecule has 0 amide bonds. The molecule has 0 radical (unpaired) electrons. The van der Waals surface area contributed by atoms with Crippen molar-refractivity contribution in [1.82, 2.24) is 9.13 Å². The molecule has 0 spiro atoms. The van der Waals surface area contributed by atoms with Crippen LogP contribution in [0, 0.1) is 84.8 Å². The third-order valence-corrected chi connectivity index (χ3v) is 14.6. The minimum atomic E-state index is 0.250. The zero-order chi connectivity index (χ0) is 56.8. The Morgan fingerprint density at radius 3 is 1.01 bits per heavy atom. The van der Waals surface area contributed by atoms with E-state index >= 15 is 0 Å². The van der Waals surface area contributed by atoms with Crippen molar-refractivity contribution < 1.29 is 0 Å². The van der Waals surface area contributed by atoms with Crippen molar-refractivity contribution in [3.63, 3.8) is 0 Å². The van der Waals surface area contributed by atoms with E-state index in [2.05, 4.69) is 57.9 Å². The van der Waals surface area contributed by atoms with Crippen LogP contribution in [0.5, 0.6) is 0 Å². The van der Waals surface area contributed by atoms with Crippen LogP contribution in [-0.2, 0) is 0 Å². The molecule has 12 rings (SSSR count). The van der Waals surface area contributed by atoms with Crippen molar-refractivity contribution in [2.75, 3.05) is 0 Å². The SMILES string of the molecule is [C-]#[N+]c1cc(C#N)cc(-c2ccc3c(c2)c2cc(-c4cc(C#N)cc([N+]#[C-])c4)ccc2n3-c2ccc(-c3cccc(C#N)c3)c(-n3c4ccc(-c5cc(C#N)cc([N+]#[C-])c5)cc4c4cc(-c5cc([N+]#[C-])cc([N+]#[C-])c5)ccc43)c2[N+]#[C-])c1. The lowest BCUT2D eigenvalue weighted by atomic mass is 9.98. The average molecular weight is 1040 g/mol. The Hall–Kier alpha value is -13.3. The zero-order valence-corrected chi connectivity index (χ0v) is 42.7. The lowest BCUT2D eigenvalue weighted by molar-refractivity contribution is 1.15. The second-order valence-corrected chi connectivity index (χ2v) is 19.2. The van der Waals surface area contributed by atoms with E-state index in [1.165, 1.54) is 0 Å². The van der Waals surface area contributed by atoms with Crippen molar-refractivity contribution in [2.24, 2.45) is 0 Å². The highest BCUT2D eigenvalue weighted by Gasteiger charge is 2.26. The molecule has 0 fully saturated rings. The Kier molecular flexibility index (Phi) is 12.1. The van der Waals surface area contributed by atoms with Crippen molar-refractivity contribution in [1.29, 1.82) is 21.0 Å². The molecule has 0 aliphatic carbocycles. The highest BCUT2D eigenvalue weighted by atomic mass is 15.1. The van der Waals surface area contributed by atoms with Gasteiger partial charge in [-0.2, -0.15) is 21.0 Å². The van der Waals surface area contributed by atoms with Gasteiger partial charge in [-0.3, -0.25) is 0 Å². The zero-order valence-electron chi connectivity index (χ0n) is 42.7. The van der Waals surface area contributed by atoms with E-state index in [4.69, 9.17) is 32.9 Å². The molecule has 10 aromatic carbocycles. The first-order valence-corrected chi connectivity index (χ1v) is 25.0. The van der Waals surface area contributed by atoms with Gasteiger partial charge in [-0.05, 0) is 177 Å². The van der Waals surface area contributed by atoms with Crippen molar-refractivity contribution in [3.8, 4) is 91.3 Å². The first-order chi connectivity index (χ1) is 40.1. The summed E-state index contributed by atoms with van der Waals surface area (Å²) in [6.07, 6.45) is 0. The van der Waals surface area contributed by atoms with Gasteiger partial charge in [0.15, 0.2) is 28.4 Å². The third-order valence-electron chi connectivity index (χ3n) is 14.6. The van der Waals surface area contributed by atoms with Crippen molar-refractivity contribution in [3.05, 3.63) is 273 Å². The van der Waals surface area contributed by atoms with E-state index in [0.29, 0.717) is 106 Å². The lowest BCUT2D eigenvalue weighted by Gasteiger charge is -2.20. The molecule has 370 valence electrons. The van der Waals surface area contributed by atoms with Gasteiger partial charge >= 0.3 is 0 Å². The van der Waals surface area contributed by atoms with E-state index in [1.54, 1.807) is 91.0 Å². The van der Waals surface area contributed by atoms with Crippen LogP contribution in [0.3, 0.4) is 0 Å². The lowest BCUT2D eigenvalue weighted by Crippen LogP contribution is -2.02. The van der Waals surface area contributed by atoms with Gasteiger partial charge in [0, 0.05) is 38.2 Å². The van der Waals surface area contributed by atoms with Gasteiger partial charge in [-0.1, -0.05) is 60.7 Å². The average Bonchev–Trinajstić information content (AvgIpc) is 2.53. The summed E-state index contributed by atoms with van der Waals surface area (Å²) in [5.74, 6) is 0. The number of hydrogen-bond donors (Lipinski definition) is 0. The first kappa shape index (κ1) is 49.6. The Balaban J connectivity index is 1.19. The number of aromatic nitrogens is 2. The second-order valence-electron chi connectivity index (χ2n) is 19.2. The highest BCUT2D eigenvalue weighted by Crippen LogP contribution is 2.48. The minimum Gasteiger partial charge on any atom is -0.319 e. The van der Waals surface area contributed by atoms with Gasteiger partial charge in [0.1, 0.15) is 0 Å². The minimum absolute atomic E-state index is 0.250. The summed E-state index contributed by atoms with van der Waals surface area (Å²) < 4.78 is 4.09. The topological polar surface area (TPSA) is 131 Å². The standard InChI is InChI=1S/C70H30N12/c1-75-54-24-42(38-72)21-50(27-54)45-10-15-64-60(32-45)61-33-46(51-22-43(39-73)25-55(28-51)76-2)11-16-65(61)81(64)68-19-14-59(49-9-7-8-41(20-49)37-71)70(69(68)80-6)82-66-17-12-47(52-23-44(40-74)26-56(29-52)77-3)34-62(66)63-35-48(13-18-67(63)82)53-30-57(78-4)36-58(31-53)79-5/h7-36H. The molecule has 12 nitrogen and oxygen atoms in total. The highest BCUT2D eigenvalue weighted by molar-refractivity contribution is 6.15. The second kappa shape index (κ2) is 20.0. The number of hydrogen-bond acceptors (Lipinski definition) is 4. The molecule has 2 heterocycles. The summed E-state index contributed by atoms with van der Waals surface area (Å²) in [4.78, 5) is 22.7. The fourth-order valence-electron chi connectivity index (χ4n) is 11.0. The molecule has 82 heavy (non-hydrogen) atoms. The van der Waals surface area contributed by atoms with Crippen LogP contribution < -0.4 is 0 Å². The van der Waals surface area contributed by atoms with E-state index in [-0.39, 0.29) is 5.69 Å². The first-order valence-electron chi connectivity index (χ1n) is 25.0. The van der Waals surface area contributed by atoms with Crippen LogP contribution in [0.4, 0.5) is 34.1 Å². The van der Waals surface area contributed by atoms with Crippen LogP contribution in [0.25, 0.3) is 140 Å². The van der Waals surface area contributed by atoms with Gasteiger partial charge in [-0.25, -0.2) is 29.1 Å². The number of nitrogens with zero attached hydrogens (tertiary/aromatic N) is 12. The summed E-state index contributed by atoms with van der Waals surface area (Å²) in [6.45, 7) is 48.4. The normalized spacial score (nSPS) is 10.6. The smallest absolute Gasteiger partial charge is 0.234 e. The van der Waals surface area contributed by atoms with E-state index in [0.717, 1.165) is 54.8 Å². The molecule has 0 saturated carbocycles. The summed E-state index contributed by atoms with van der Waals surface area (Å²) in [7, 11) is 0. The van der Waals surface area contributed by atoms with Gasteiger partial charge in [0.05, 0.1) is 103 Å². The Morgan fingerprint density at radius 2 is 0.646 bits per heavy atom. The monoisotopic (exact) mass is 1040 g/mol. The maximum atomic E-state index is 10.2. The quantitative estimate of drug-likeness (QED) is 0.147. The fraction of sp³-hybridized carbons (Fsp3) is 0. The third kappa shape index (κ3) is 8.35. The molecular formula is C70H30N12. The molecule has 0 aliphatic rings. The molecule has 0 atom stereocenters. The molecule has 0 unspecified atom stereocenters. The van der Waals surface area contributed by atoms with E-state index in [9.17, 15) is 27.6 Å². The maximum Gasteiger partial charge on any atom is 0.234 e. The molecule has 0 N–H and O–H groups in total. The molecule has 0 bridgehead atoms. The van der Waals surface area contributed by atoms with Crippen LogP contribution in [0.2, 0.25) is 0 Å². The van der Waals surface area contributed by atoms with Gasteiger partial charge in [0.2, 0.25) is 5.69 Å². The Bertz CT molecular complexity index is 4910. The predicted octanol–water partition coefficient (Wildman–Crippen LogP) is 19.0. The van der Waals surface area contributed by atoms with E-state index in [1.807, 2.05) is 95.6 Å². The van der Waals surface area contributed by atoms with Crippen molar-refractivity contribution in [2.45, 2.75) is 0 Å². The number of nitriles is 4. The maximum absolute atomic E-state index is 10.2. The largest absolute Gasteiger partial charge is 0.319 e. The number of rotatable bonds is 7. The Labute approximate surface area is 469 Å². The molecule has 2 aromatic heterocycles. The summed E-state index contributed by atoms with van der Waals surface area (Å²) >= 11 is 0. The van der Waals surface area contributed by atoms with Crippen molar-refractivity contribution >= 4 is 77.7 Å². The van der Waals surface area contributed by atoms with Gasteiger partial charge in [-0.15, -0.1) is 0 Å². The molecular weight excluding hydrogens is 1010 g/mol. The van der Waals surface area contributed by atoms with Gasteiger partial charge < -0.3 is 9.13 Å². The van der Waals surface area contributed by atoms with E-state index < -0.39 is 0 Å². The van der Waals surface area contributed by atoms with Gasteiger partial charge in [0.25, 0.3) is 0 Å².